The monoisotopic (exact) mass is 443 g/mol. The number of H-pyrrole nitrogens is 1. The highest BCUT2D eigenvalue weighted by Gasteiger charge is 2.21. The predicted octanol–water partition coefficient (Wildman–Crippen LogP) is 1.50. The second kappa shape index (κ2) is 8.32. The SMILES string of the molecule is COc1ccccc1-c1nnc2ccc(OCCNS(=O)(=O)c3c(C)n[nH]c3C)nn12. The minimum absolute atomic E-state index is 0.0631. The van der Waals surface area contributed by atoms with Gasteiger partial charge in [-0.25, -0.2) is 13.1 Å². The second-order valence-corrected chi connectivity index (χ2v) is 8.38. The minimum Gasteiger partial charge on any atom is -0.496 e. The van der Waals surface area contributed by atoms with Gasteiger partial charge in [0.15, 0.2) is 11.5 Å². The van der Waals surface area contributed by atoms with Gasteiger partial charge in [0.25, 0.3) is 0 Å². The zero-order valence-electron chi connectivity index (χ0n) is 17.2. The summed E-state index contributed by atoms with van der Waals surface area (Å²) in [7, 11) is -2.11. The van der Waals surface area contributed by atoms with Gasteiger partial charge in [0.05, 0.1) is 24.1 Å². The highest BCUT2D eigenvalue weighted by molar-refractivity contribution is 7.89. The Morgan fingerprint density at radius 3 is 2.68 bits per heavy atom. The van der Waals surface area contributed by atoms with Crippen molar-refractivity contribution in [2.75, 3.05) is 20.3 Å². The largest absolute Gasteiger partial charge is 0.496 e. The molecule has 31 heavy (non-hydrogen) atoms. The molecule has 0 spiro atoms. The van der Waals surface area contributed by atoms with Crippen molar-refractivity contribution in [2.24, 2.45) is 0 Å². The number of rotatable bonds is 8. The van der Waals surface area contributed by atoms with E-state index < -0.39 is 10.0 Å². The molecule has 0 saturated carbocycles. The molecule has 0 unspecified atom stereocenters. The molecule has 0 radical (unpaired) electrons. The molecule has 0 aliphatic rings. The van der Waals surface area contributed by atoms with E-state index in [0.29, 0.717) is 34.5 Å². The Bertz CT molecular complexity index is 1310. The number of aryl methyl sites for hydroxylation is 2. The third kappa shape index (κ3) is 4.07. The molecule has 0 fully saturated rings. The van der Waals surface area contributed by atoms with Gasteiger partial charge in [-0.2, -0.15) is 9.61 Å². The highest BCUT2D eigenvalue weighted by Crippen LogP contribution is 2.28. The molecule has 4 aromatic rings. The van der Waals surface area contributed by atoms with Crippen molar-refractivity contribution < 1.29 is 17.9 Å². The maximum atomic E-state index is 12.5. The number of nitrogens with one attached hydrogen (secondary N) is 2. The van der Waals surface area contributed by atoms with Gasteiger partial charge in [-0.3, -0.25) is 5.10 Å². The summed E-state index contributed by atoms with van der Waals surface area (Å²) in [6, 6.07) is 10.8. The topological polar surface area (TPSA) is 136 Å². The molecule has 0 saturated heterocycles. The molecule has 12 heteroatoms. The molecule has 0 aliphatic carbocycles. The smallest absolute Gasteiger partial charge is 0.244 e. The van der Waals surface area contributed by atoms with Gasteiger partial charge >= 0.3 is 0 Å². The summed E-state index contributed by atoms with van der Waals surface area (Å²) in [6.07, 6.45) is 0. The summed E-state index contributed by atoms with van der Waals surface area (Å²) < 4.78 is 40.0. The van der Waals surface area contributed by atoms with Crippen molar-refractivity contribution in [1.82, 2.24) is 34.7 Å². The Morgan fingerprint density at radius 2 is 1.94 bits per heavy atom. The fourth-order valence-electron chi connectivity index (χ4n) is 3.19. The molecule has 0 atom stereocenters. The number of fused-ring (bicyclic) bond motifs is 1. The summed E-state index contributed by atoms with van der Waals surface area (Å²) in [4.78, 5) is 0.151. The number of methoxy groups -OCH3 is 1. The molecule has 2 N–H and O–H groups in total. The van der Waals surface area contributed by atoms with E-state index in [-0.39, 0.29) is 18.0 Å². The molecule has 0 aliphatic heterocycles. The quantitative estimate of drug-likeness (QED) is 0.391. The predicted molar refractivity (Wildman–Crippen MR) is 112 cm³/mol. The summed E-state index contributed by atoms with van der Waals surface area (Å²) >= 11 is 0. The molecule has 4 rings (SSSR count). The van der Waals surface area contributed by atoms with Crippen molar-refractivity contribution in [2.45, 2.75) is 18.7 Å². The van der Waals surface area contributed by atoms with Gasteiger partial charge in [-0.05, 0) is 32.0 Å². The summed E-state index contributed by atoms with van der Waals surface area (Å²) in [5.74, 6) is 1.45. The van der Waals surface area contributed by atoms with E-state index in [4.69, 9.17) is 9.47 Å². The Labute approximate surface area is 178 Å². The van der Waals surface area contributed by atoms with Crippen LogP contribution < -0.4 is 14.2 Å². The van der Waals surface area contributed by atoms with Crippen LogP contribution in [0, 0.1) is 13.8 Å². The molecule has 0 bridgehead atoms. The normalized spacial score (nSPS) is 11.7. The maximum Gasteiger partial charge on any atom is 0.244 e. The molecule has 3 aromatic heterocycles. The first-order chi connectivity index (χ1) is 14.9. The lowest BCUT2D eigenvalue weighted by atomic mass is 10.2. The maximum absolute atomic E-state index is 12.5. The van der Waals surface area contributed by atoms with Crippen LogP contribution in [-0.4, -0.2) is 58.7 Å². The van der Waals surface area contributed by atoms with Crippen LogP contribution in [0.4, 0.5) is 0 Å². The van der Waals surface area contributed by atoms with Crippen LogP contribution in [0.15, 0.2) is 41.3 Å². The number of hydrogen-bond acceptors (Lipinski definition) is 8. The molecule has 11 nitrogen and oxygen atoms in total. The molecular weight excluding hydrogens is 422 g/mol. The van der Waals surface area contributed by atoms with E-state index in [0.717, 1.165) is 5.56 Å². The van der Waals surface area contributed by atoms with E-state index in [1.807, 2.05) is 24.3 Å². The number of benzene rings is 1. The van der Waals surface area contributed by atoms with Crippen molar-refractivity contribution in [1.29, 1.82) is 0 Å². The number of hydrogen-bond donors (Lipinski definition) is 2. The van der Waals surface area contributed by atoms with Crippen LogP contribution >= 0.6 is 0 Å². The second-order valence-electron chi connectivity index (χ2n) is 6.67. The van der Waals surface area contributed by atoms with Crippen LogP contribution in [0.1, 0.15) is 11.4 Å². The first-order valence-corrected chi connectivity index (χ1v) is 10.9. The van der Waals surface area contributed by atoms with Gasteiger partial charge < -0.3 is 9.47 Å². The van der Waals surface area contributed by atoms with Crippen molar-refractivity contribution in [3.8, 4) is 23.0 Å². The molecule has 162 valence electrons. The standard InChI is InChI=1S/C19H21N7O4S/c1-12-18(13(2)22-21-12)31(27,28)20-10-11-30-17-9-8-16-23-24-19(26(16)25-17)14-6-4-5-7-15(14)29-3/h4-9,20H,10-11H2,1-3H3,(H,21,22). The van der Waals surface area contributed by atoms with Crippen molar-refractivity contribution in [3.63, 3.8) is 0 Å². The summed E-state index contributed by atoms with van der Waals surface area (Å²) in [5, 5.41) is 19.3. The zero-order valence-corrected chi connectivity index (χ0v) is 18.0. The van der Waals surface area contributed by atoms with Gasteiger partial charge in [-0.15, -0.1) is 15.3 Å². The van der Waals surface area contributed by atoms with Crippen LogP contribution in [0.5, 0.6) is 11.6 Å². The number of para-hydroxylation sites is 1. The lowest BCUT2D eigenvalue weighted by molar-refractivity contribution is 0.306. The Balaban J connectivity index is 1.47. The first-order valence-electron chi connectivity index (χ1n) is 9.40. The molecule has 1 aromatic carbocycles. The lowest BCUT2D eigenvalue weighted by Crippen LogP contribution is -2.29. The minimum atomic E-state index is -3.69. The van der Waals surface area contributed by atoms with E-state index in [1.165, 1.54) is 0 Å². The fraction of sp³-hybridized carbons (Fsp3) is 0.263. The summed E-state index contributed by atoms with van der Waals surface area (Å²) in [5.41, 5.74) is 2.17. The number of ether oxygens (including phenoxy) is 2. The van der Waals surface area contributed by atoms with E-state index >= 15 is 0 Å². The van der Waals surface area contributed by atoms with Gasteiger partial charge in [-0.1, -0.05) is 12.1 Å². The van der Waals surface area contributed by atoms with E-state index in [2.05, 4.69) is 30.2 Å². The van der Waals surface area contributed by atoms with Crippen molar-refractivity contribution >= 4 is 15.7 Å². The molecular formula is C19H21N7O4S. The van der Waals surface area contributed by atoms with Gasteiger partial charge in [0.2, 0.25) is 15.9 Å². The van der Waals surface area contributed by atoms with Gasteiger partial charge in [0, 0.05) is 12.6 Å². The average Bonchev–Trinajstić information content (AvgIpc) is 3.33. The zero-order chi connectivity index (χ0) is 22.0. The third-order valence-electron chi connectivity index (χ3n) is 4.56. The van der Waals surface area contributed by atoms with E-state index in [1.54, 1.807) is 37.6 Å². The van der Waals surface area contributed by atoms with Gasteiger partial charge in [0.1, 0.15) is 17.3 Å². The number of nitrogens with zero attached hydrogens (tertiary/aromatic N) is 5. The average molecular weight is 443 g/mol. The number of sulfonamides is 1. The van der Waals surface area contributed by atoms with Crippen molar-refractivity contribution in [3.05, 3.63) is 47.8 Å². The molecule has 0 amide bonds. The fourth-order valence-corrected chi connectivity index (χ4v) is 4.57. The lowest BCUT2D eigenvalue weighted by Gasteiger charge is -2.09. The third-order valence-corrected chi connectivity index (χ3v) is 6.28. The Hall–Kier alpha value is -3.51. The van der Waals surface area contributed by atoms with Crippen LogP contribution in [0.2, 0.25) is 0 Å². The highest BCUT2D eigenvalue weighted by atomic mass is 32.2. The van der Waals surface area contributed by atoms with Crippen LogP contribution in [0.3, 0.4) is 0 Å². The van der Waals surface area contributed by atoms with E-state index in [9.17, 15) is 8.42 Å². The van der Waals surface area contributed by atoms with Crippen LogP contribution in [-0.2, 0) is 10.0 Å². The van der Waals surface area contributed by atoms with Crippen LogP contribution in [0.25, 0.3) is 17.0 Å². The number of aromatic nitrogens is 6. The summed E-state index contributed by atoms with van der Waals surface area (Å²) in [6.45, 7) is 3.43. The molecule has 3 heterocycles. The Morgan fingerprint density at radius 1 is 1.13 bits per heavy atom. The number of aromatic amines is 1. The first kappa shape index (κ1) is 20.8. The Kier molecular flexibility index (Phi) is 5.57.